The van der Waals surface area contributed by atoms with Crippen LogP contribution in [0.25, 0.3) is 16.7 Å². The summed E-state index contributed by atoms with van der Waals surface area (Å²) in [5.41, 5.74) is 2.75. The molecule has 0 unspecified atom stereocenters. The molecule has 122 valence electrons. The number of hydrogen-bond acceptors (Lipinski definition) is 4. The molecule has 2 saturated carbocycles. The van der Waals surface area contributed by atoms with Crippen molar-refractivity contribution < 1.29 is 9.90 Å². The molecule has 0 saturated heterocycles. The zero-order valence-corrected chi connectivity index (χ0v) is 13.0. The summed E-state index contributed by atoms with van der Waals surface area (Å²) >= 11 is 0. The van der Waals surface area contributed by atoms with Gasteiger partial charge in [-0.25, -0.2) is 4.98 Å². The molecule has 7 nitrogen and oxygen atoms in total. The topological polar surface area (TPSA) is 89.5 Å². The maximum Gasteiger partial charge on any atom is 0.323 e. The molecule has 2 aliphatic carbocycles. The van der Waals surface area contributed by atoms with E-state index in [1.165, 1.54) is 4.57 Å². The quantitative estimate of drug-likeness (QED) is 0.791. The summed E-state index contributed by atoms with van der Waals surface area (Å²) in [6, 6.07) is 3.64. The molecule has 0 aliphatic heterocycles. The summed E-state index contributed by atoms with van der Waals surface area (Å²) in [6.07, 6.45) is 6.12. The summed E-state index contributed by atoms with van der Waals surface area (Å²) in [6.45, 7) is -0.367. The molecule has 3 aromatic heterocycles. The van der Waals surface area contributed by atoms with Gasteiger partial charge in [-0.1, -0.05) is 0 Å². The molecule has 0 aromatic carbocycles. The highest BCUT2D eigenvalue weighted by molar-refractivity contribution is 5.79. The average Bonchev–Trinajstić information content (AvgIpc) is 3.48. The third-order valence-corrected chi connectivity index (χ3v) is 4.91. The fraction of sp³-hybridized carbons (Fsp3) is 0.412. The predicted molar refractivity (Wildman–Crippen MR) is 86.3 cm³/mol. The molecule has 3 heterocycles. The zero-order valence-electron chi connectivity index (χ0n) is 13.0. The molecule has 0 amide bonds. The first-order valence-electron chi connectivity index (χ1n) is 8.26. The van der Waals surface area contributed by atoms with E-state index in [4.69, 9.17) is 0 Å². The number of aromatic nitrogens is 4. The van der Waals surface area contributed by atoms with Crippen molar-refractivity contribution in [1.82, 2.24) is 19.2 Å². The highest BCUT2D eigenvalue weighted by Crippen LogP contribution is 2.42. The minimum Gasteiger partial charge on any atom is -0.480 e. The normalized spacial score (nSPS) is 17.7. The Hall–Kier alpha value is -2.70. The van der Waals surface area contributed by atoms with Crippen molar-refractivity contribution in [1.29, 1.82) is 0 Å². The first-order chi connectivity index (χ1) is 11.6. The predicted octanol–water partition coefficient (Wildman–Crippen LogP) is 1.88. The number of hydrogen-bond donors (Lipinski definition) is 1. The van der Waals surface area contributed by atoms with E-state index in [0.717, 1.165) is 36.9 Å². The van der Waals surface area contributed by atoms with E-state index in [-0.39, 0.29) is 12.1 Å². The number of aliphatic carboxylic acids is 1. The van der Waals surface area contributed by atoms with Crippen LogP contribution in [0.5, 0.6) is 0 Å². The Kier molecular flexibility index (Phi) is 2.66. The Bertz CT molecular complexity index is 1060. The van der Waals surface area contributed by atoms with E-state index in [0.29, 0.717) is 28.5 Å². The molecule has 24 heavy (non-hydrogen) atoms. The highest BCUT2D eigenvalue weighted by Gasteiger charge is 2.30. The summed E-state index contributed by atoms with van der Waals surface area (Å²) in [7, 11) is 0. The van der Waals surface area contributed by atoms with E-state index in [9.17, 15) is 14.7 Å². The van der Waals surface area contributed by atoms with Crippen LogP contribution >= 0.6 is 0 Å². The van der Waals surface area contributed by atoms with Crippen LogP contribution in [0, 0.1) is 0 Å². The van der Waals surface area contributed by atoms with Gasteiger partial charge in [0.2, 0.25) is 0 Å². The van der Waals surface area contributed by atoms with Crippen LogP contribution in [0.2, 0.25) is 0 Å². The van der Waals surface area contributed by atoms with Gasteiger partial charge in [0.1, 0.15) is 12.2 Å². The van der Waals surface area contributed by atoms with Crippen molar-refractivity contribution in [2.24, 2.45) is 0 Å². The Balaban J connectivity index is 1.88. The number of nitrogens with zero attached hydrogens (tertiary/aromatic N) is 4. The number of pyridine rings is 1. The second kappa shape index (κ2) is 4.66. The maximum absolute atomic E-state index is 12.9. The lowest BCUT2D eigenvalue weighted by atomic mass is 10.2. The average molecular weight is 324 g/mol. The number of carbonyl (C=O) groups is 1. The Morgan fingerprint density at radius 3 is 2.62 bits per heavy atom. The van der Waals surface area contributed by atoms with Crippen molar-refractivity contribution in [3.05, 3.63) is 39.9 Å². The monoisotopic (exact) mass is 324 g/mol. The molecule has 1 N–H and O–H groups in total. The van der Waals surface area contributed by atoms with E-state index in [2.05, 4.69) is 10.1 Å². The van der Waals surface area contributed by atoms with Gasteiger partial charge < -0.3 is 5.11 Å². The molecule has 3 aromatic rings. The summed E-state index contributed by atoms with van der Waals surface area (Å²) < 4.78 is 2.98. The van der Waals surface area contributed by atoms with Gasteiger partial charge in [0.25, 0.3) is 5.56 Å². The lowest BCUT2D eigenvalue weighted by Gasteiger charge is -2.11. The molecular weight excluding hydrogens is 308 g/mol. The first kappa shape index (κ1) is 13.7. The van der Waals surface area contributed by atoms with Gasteiger partial charge in [0, 0.05) is 17.2 Å². The minimum atomic E-state index is -1.04. The molecule has 5 rings (SSSR count). The van der Waals surface area contributed by atoms with Gasteiger partial charge in [0.05, 0.1) is 11.6 Å². The van der Waals surface area contributed by atoms with Gasteiger partial charge in [0.15, 0.2) is 5.65 Å². The fourth-order valence-electron chi connectivity index (χ4n) is 3.38. The number of fused-ring (bicyclic) bond motifs is 3. The highest BCUT2D eigenvalue weighted by atomic mass is 16.4. The van der Waals surface area contributed by atoms with Crippen LogP contribution in [-0.2, 0) is 11.3 Å². The Labute approximate surface area is 136 Å². The lowest BCUT2D eigenvalue weighted by Crippen LogP contribution is -2.27. The lowest BCUT2D eigenvalue weighted by molar-refractivity contribution is -0.137. The van der Waals surface area contributed by atoms with Gasteiger partial charge in [-0.05, 0) is 43.7 Å². The maximum atomic E-state index is 12.9. The van der Waals surface area contributed by atoms with Crippen LogP contribution in [-0.4, -0.2) is 30.2 Å². The van der Waals surface area contributed by atoms with Crippen molar-refractivity contribution in [3.8, 4) is 0 Å². The molecule has 0 radical (unpaired) electrons. The van der Waals surface area contributed by atoms with E-state index in [1.54, 1.807) is 16.8 Å². The Morgan fingerprint density at radius 2 is 1.96 bits per heavy atom. The Morgan fingerprint density at radius 1 is 1.21 bits per heavy atom. The molecule has 7 heteroatoms. The molecule has 2 aliphatic rings. The van der Waals surface area contributed by atoms with Crippen LogP contribution in [0.4, 0.5) is 0 Å². The van der Waals surface area contributed by atoms with Gasteiger partial charge in [-0.15, -0.1) is 0 Å². The number of carboxylic acids is 1. The van der Waals surface area contributed by atoms with Gasteiger partial charge in [-0.2, -0.15) is 9.61 Å². The van der Waals surface area contributed by atoms with Crippen LogP contribution in [0.15, 0.2) is 23.1 Å². The molecule has 0 atom stereocenters. The summed E-state index contributed by atoms with van der Waals surface area (Å²) in [4.78, 5) is 28.8. The SMILES string of the molecule is O=C(O)Cn1c(=O)c2ccc(C3CC3)nc2n2ncc(C3CC3)c12. The van der Waals surface area contributed by atoms with Gasteiger partial charge >= 0.3 is 5.97 Å². The second-order valence-electron chi connectivity index (χ2n) is 6.78. The smallest absolute Gasteiger partial charge is 0.323 e. The van der Waals surface area contributed by atoms with Crippen molar-refractivity contribution in [2.45, 2.75) is 44.1 Å². The third kappa shape index (κ3) is 1.97. The largest absolute Gasteiger partial charge is 0.480 e. The summed E-state index contributed by atoms with van der Waals surface area (Å²) in [5, 5.41) is 14.1. The molecule has 0 spiro atoms. The number of rotatable bonds is 4. The molecule has 0 bridgehead atoms. The van der Waals surface area contributed by atoms with Crippen molar-refractivity contribution >= 4 is 22.6 Å². The standard InChI is InChI=1S/C17H16N4O3/c22-14(23)8-20-16-12(9-1-2-9)7-18-21(16)15-11(17(20)24)5-6-13(19-15)10-3-4-10/h5-7,9-10H,1-4,8H2,(H,22,23). The van der Waals surface area contributed by atoms with E-state index < -0.39 is 5.97 Å². The first-order valence-corrected chi connectivity index (χ1v) is 8.26. The van der Waals surface area contributed by atoms with Crippen LogP contribution in [0.1, 0.15) is 48.8 Å². The second-order valence-corrected chi connectivity index (χ2v) is 6.78. The molecular formula is C17H16N4O3. The third-order valence-electron chi connectivity index (χ3n) is 4.91. The summed E-state index contributed by atoms with van der Waals surface area (Å²) in [5.74, 6) is -0.195. The minimum absolute atomic E-state index is 0.308. The molecule has 2 fully saturated rings. The number of carboxylic acid groups (broad SMARTS) is 1. The van der Waals surface area contributed by atoms with E-state index in [1.807, 2.05) is 6.07 Å². The fourth-order valence-corrected chi connectivity index (χ4v) is 3.38. The van der Waals surface area contributed by atoms with E-state index >= 15 is 0 Å². The van der Waals surface area contributed by atoms with Crippen molar-refractivity contribution in [2.75, 3.05) is 0 Å². The van der Waals surface area contributed by atoms with Crippen LogP contribution < -0.4 is 5.56 Å². The zero-order chi connectivity index (χ0) is 16.4. The van der Waals surface area contributed by atoms with Crippen LogP contribution in [0.3, 0.4) is 0 Å². The van der Waals surface area contributed by atoms with Gasteiger partial charge in [-0.3, -0.25) is 14.2 Å². The van der Waals surface area contributed by atoms with Crippen molar-refractivity contribution in [3.63, 3.8) is 0 Å².